The van der Waals surface area contributed by atoms with Gasteiger partial charge in [-0.25, -0.2) is 0 Å². The van der Waals surface area contributed by atoms with Crippen molar-refractivity contribution < 1.29 is 9.47 Å². The number of unbranched alkanes of at least 4 members (excludes halogenated alkanes) is 15. The van der Waals surface area contributed by atoms with Crippen LogP contribution in [0, 0.1) is 0 Å². The van der Waals surface area contributed by atoms with E-state index in [0.717, 1.165) is 19.6 Å². The predicted octanol–water partition coefficient (Wildman–Crippen LogP) is 8.96. The molecule has 0 aliphatic rings. The smallest absolute Gasteiger partial charge is 0.0802 e. The summed E-state index contributed by atoms with van der Waals surface area (Å²) in [5.41, 5.74) is 0. The topological polar surface area (TPSA) is 18.5 Å². The lowest BCUT2D eigenvalue weighted by Crippen LogP contribution is -2.17. The third-order valence-corrected chi connectivity index (χ3v) is 5.23. The summed E-state index contributed by atoms with van der Waals surface area (Å²) < 4.78 is 11.0. The maximum absolute atomic E-state index is 5.67. The van der Waals surface area contributed by atoms with Crippen LogP contribution in [0.1, 0.15) is 138 Å². The molecule has 168 valence electrons. The average Bonchev–Trinajstić information content (AvgIpc) is 2.64. The largest absolute Gasteiger partial charge is 0.379 e. The van der Waals surface area contributed by atoms with E-state index in [0.29, 0.717) is 0 Å². The van der Waals surface area contributed by atoms with Gasteiger partial charge in [-0.05, 0) is 12.8 Å². The number of rotatable bonds is 21. The standard InChI is InChI=1S/C23H48O2.2CH4/c1-4-6-7-8-9-10-11-12-13-14-15-16-17-18-19-20-21-25-22-23(5-2)24-3;;/h23H,4-22H2,1-3H3;2*1H4. The molecule has 2 nitrogen and oxygen atoms in total. The second kappa shape index (κ2) is 28.1. The minimum Gasteiger partial charge on any atom is -0.379 e. The molecule has 0 spiro atoms. The minimum atomic E-state index is 0. The molecule has 0 bridgehead atoms. The van der Waals surface area contributed by atoms with Crippen LogP contribution >= 0.6 is 0 Å². The van der Waals surface area contributed by atoms with Crippen LogP contribution in [0.4, 0.5) is 0 Å². The molecule has 0 aromatic rings. The van der Waals surface area contributed by atoms with E-state index in [1.54, 1.807) is 7.11 Å². The molecule has 0 radical (unpaired) electrons. The first-order chi connectivity index (χ1) is 12.3. The van der Waals surface area contributed by atoms with Crippen molar-refractivity contribution in [2.45, 2.75) is 144 Å². The van der Waals surface area contributed by atoms with Gasteiger partial charge in [0.05, 0.1) is 12.7 Å². The first-order valence-electron chi connectivity index (χ1n) is 11.5. The van der Waals surface area contributed by atoms with Gasteiger partial charge in [-0.15, -0.1) is 0 Å². The van der Waals surface area contributed by atoms with Crippen molar-refractivity contribution in [3.63, 3.8) is 0 Å². The molecule has 0 aromatic carbocycles. The first kappa shape index (κ1) is 31.6. The molecular formula is C25H56O2. The molecule has 0 saturated heterocycles. The number of hydrogen-bond acceptors (Lipinski definition) is 2. The molecule has 1 unspecified atom stereocenters. The van der Waals surface area contributed by atoms with Crippen LogP contribution in [0.15, 0.2) is 0 Å². The highest BCUT2D eigenvalue weighted by atomic mass is 16.5. The fourth-order valence-electron chi connectivity index (χ4n) is 3.32. The number of hydrogen-bond donors (Lipinski definition) is 0. The summed E-state index contributed by atoms with van der Waals surface area (Å²) >= 11 is 0. The van der Waals surface area contributed by atoms with E-state index in [1.165, 1.54) is 103 Å². The van der Waals surface area contributed by atoms with Gasteiger partial charge in [0, 0.05) is 13.7 Å². The van der Waals surface area contributed by atoms with Gasteiger partial charge >= 0.3 is 0 Å². The van der Waals surface area contributed by atoms with Crippen molar-refractivity contribution in [2.24, 2.45) is 0 Å². The Morgan fingerprint density at radius 3 is 1.26 bits per heavy atom. The quantitative estimate of drug-likeness (QED) is 0.183. The second-order valence-corrected chi connectivity index (χ2v) is 7.64. The lowest BCUT2D eigenvalue weighted by Gasteiger charge is -2.12. The van der Waals surface area contributed by atoms with Crippen molar-refractivity contribution >= 4 is 0 Å². The Morgan fingerprint density at radius 2 is 0.926 bits per heavy atom. The van der Waals surface area contributed by atoms with Crippen molar-refractivity contribution in [3.05, 3.63) is 0 Å². The van der Waals surface area contributed by atoms with Gasteiger partial charge in [-0.1, -0.05) is 125 Å². The van der Waals surface area contributed by atoms with Crippen LogP contribution in [0.25, 0.3) is 0 Å². The van der Waals surface area contributed by atoms with E-state index in [4.69, 9.17) is 9.47 Å². The molecule has 0 aromatic heterocycles. The average molecular weight is 389 g/mol. The summed E-state index contributed by atoms with van der Waals surface area (Å²) in [6, 6.07) is 0. The summed E-state index contributed by atoms with van der Waals surface area (Å²) in [5, 5.41) is 0. The lowest BCUT2D eigenvalue weighted by atomic mass is 10.0. The van der Waals surface area contributed by atoms with Crippen LogP contribution < -0.4 is 0 Å². The predicted molar refractivity (Wildman–Crippen MR) is 125 cm³/mol. The maximum Gasteiger partial charge on any atom is 0.0802 e. The molecule has 1 atom stereocenters. The lowest BCUT2D eigenvalue weighted by molar-refractivity contribution is 0.00584. The molecule has 0 heterocycles. The molecule has 0 N–H and O–H groups in total. The Labute approximate surface area is 174 Å². The van der Waals surface area contributed by atoms with Crippen molar-refractivity contribution in [2.75, 3.05) is 20.3 Å². The fourth-order valence-corrected chi connectivity index (χ4v) is 3.32. The molecule has 0 saturated carbocycles. The highest BCUT2D eigenvalue weighted by molar-refractivity contribution is 4.52. The molecule has 0 amide bonds. The Hall–Kier alpha value is -0.0800. The van der Waals surface area contributed by atoms with Gasteiger partial charge in [-0.2, -0.15) is 0 Å². The summed E-state index contributed by atoms with van der Waals surface area (Å²) in [6.45, 7) is 6.09. The zero-order valence-electron chi connectivity index (χ0n) is 17.8. The van der Waals surface area contributed by atoms with Crippen LogP contribution in [-0.4, -0.2) is 26.4 Å². The first-order valence-corrected chi connectivity index (χ1v) is 11.5. The monoisotopic (exact) mass is 388 g/mol. The maximum atomic E-state index is 5.67. The van der Waals surface area contributed by atoms with Gasteiger partial charge in [0.1, 0.15) is 0 Å². The van der Waals surface area contributed by atoms with Gasteiger partial charge in [0.15, 0.2) is 0 Å². The van der Waals surface area contributed by atoms with E-state index in [-0.39, 0.29) is 21.0 Å². The molecule has 0 aliphatic heterocycles. The van der Waals surface area contributed by atoms with E-state index in [1.807, 2.05) is 0 Å². The molecular weight excluding hydrogens is 332 g/mol. The molecule has 27 heavy (non-hydrogen) atoms. The zero-order valence-corrected chi connectivity index (χ0v) is 17.8. The van der Waals surface area contributed by atoms with Gasteiger partial charge in [0.2, 0.25) is 0 Å². The van der Waals surface area contributed by atoms with Crippen molar-refractivity contribution in [1.82, 2.24) is 0 Å². The fraction of sp³-hybridized carbons (Fsp3) is 1.00. The molecule has 2 heteroatoms. The van der Waals surface area contributed by atoms with E-state index in [9.17, 15) is 0 Å². The van der Waals surface area contributed by atoms with Crippen molar-refractivity contribution in [1.29, 1.82) is 0 Å². The van der Waals surface area contributed by atoms with E-state index in [2.05, 4.69) is 13.8 Å². The number of ether oxygens (including phenoxy) is 2. The van der Waals surface area contributed by atoms with Crippen LogP contribution in [-0.2, 0) is 9.47 Å². The normalized spacial score (nSPS) is 11.7. The van der Waals surface area contributed by atoms with Crippen molar-refractivity contribution in [3.8, 4) is 0 Å². The summed E-state index contributed by atoms with van der Waals surface area (Å²) in [5.74, 6) is 0. The van der Waals surface area contributed by atoms with E-state index >= 15 is 0 Å². The summed E-state index contributed by atoms with van der Waals surface area (Å²) in [4.78, 5) is 0. The molecule has 0 rings (SSSR count). The summed E-state index contributed by atoms with van der Waals surface area (Å²) in [6.07, 6.45) is 24.0. The second-order valence-electron chi connectivity index (χ2n) is 7.64. The Bertz CT molecular complexity index is 226. The third-order valence-electron chi connectivity index (χ3n) is 5.23. The van der Waals surface area contributed by atoms with Crippen LogP contribution in [0.3, 0.4) is 0 Å². The van der Waals surface area contributed by atoms with Gasteiger partial charge in [-0.3, -0.25) is 0 Å². The molecule has 0 fully saturated rings. The summed E-state index contributed by atoms with van der Waals surface area (Å²) in [7, 11) is 1.77. The van der Waals surface area contributed by atoms with Gasteiger partial charge < -0.3 is 9.47 Å². The van der Waals surface area contributed by atoms with Crippen LogP contribution in [0.5, 0.6) is 0 Å². The van der Waals surface area contributed by atoms with E-state index < -0.39 is 0 Å². The minimum absolute atomic E-state index is 0. The third kappa shape index (κ3) is 25.9. The SMILES string of the molecule is C.C.CCCCCCCCCCCCCCCCCCOCC(CC)OC. The van der Waals surface area contributed by atoms with Crippen LogP contribution in [0.2, 0.25) is 0 Å². The number of methoxy groups -OCH3 is 1. The molecule has 0 aliphatic carbocycles. The van der Waals surface area contributed by atoms with Gasteiger partial charge in [0.25, 0.3) is 0 Å². The highest BCUT2D eigenvalue weighted by Gasteiger charge is 2.03. The highest BCUT2D eigenvalue weighted by Crippen LogP contribution is 2.13. The Balaban J connectivity index is -0.00000288. The Kier molecular flexibility index (Phi) is 32.9. The Morgan fingerprint density at radius 1 is 0.556 bits per heavy atom. The zero-order chi connectivity index (χ0) is 18.4.